The van der Waals surface area contributed by atoms with Gasteiger partial charge in [-0.1, -0.05) is 23.2 Å². The summed E-state index contributed by atoms with van der Waals surface area (Å²) in [5.74, 6) is -0.564. The van der Waals surface area contributed by atoms with E-state index in [2.05, 4.69) is 5.32 Å². The number of hydrogen-bond acceptors (Lipinski definition) is 5. The summed E-state index contributed by atoms with van der Waals surface area (Å²) in [5, 5.41) is 3.42. The van der Waals surface area contributed by atoms with Gasteiger partial charge in [0.2, 0.25) is 5.75 Å². The fourth-order valence-corrected chi connectivity index (χ4v) is 2.42. The molecule has 2 aromatic carbocycles. The number of primary amides is 1. The number of hydrogen-bond donors (Lipinski definition) is 2. The molecule has 0 saturated heterocycles. The maximum Gasteiger partial charge on any atom is 0.255 e. The van der Waals surface area contributed by atoms with Crippen molar-refractivity contribution in [2.45, 2.75) is 0 Å². The van der Waals surface area contributed by atoms with Crippen LogP contribution in [-0.2, 0) is 4.79 Å². The lowest BCUT2D eigenvalue weighted by Gasteiger charge is -2.15. The molecule has 0 aromatic heterocycles. The van der Waals surface area contributed by atoms with Crippen LogP contribution in [0.1, 0.15) is 10.4 Å². The van der Waals surface area contributed by atoms with E-state index in [1.807, 2.05) is 0 Å². The molecule has 0 bridgehead atoms. The highest BCUT2D eigenvalue weighted by Gasteiger charge is 2.19. The lowest BCUT2D eigenvalue weighted by molar-refractivity contribution is -0.120. The number of carbonyl (C=O) groups is 2. The Kier molecular flexibility index (Phi) is 6.54. The van der Waals surface area contributed by atoms with E-state index in [-0.39, 0.29) is 29.4 Å². The molecule has 2 aromatic rings. The number of nitrogens with two attached hydrogens (primary N) is 1. The van der Waals surface area contributed by atoms with Crippen LogP contribution < -0.4 is 25.3 Å². The Bertz CT molecular complexity index is 817. The van der Waals surface area contributed by atoms with Crippen molar-refractivity contribution in [1.82, 2.24) is 0 Å². The summed E-state index contributed by atoms with van der Waals surface area (Å²) in [7, 11) is 2.78. The molecule has 0 aliphatic carbocycles. The summed E-state index contributed by atoms with van der Waals surface area (Å²) in [6.45, 7) is -0.365. The third-order valence-electron chi connectivity index (χ3n) is 3.26. The zero-order chi connectivity index (χ0) is 19.3. The molecule has 0 heterocycles. The van der Waals surface area contributed by atoms with Crippen molar-refractivity contribution < 1.29 is 23.8 Å². The molecule has 0 saturated carbocycles. The van der Waals surface area contributed by atoms with E-state index in [0.29, 0.717) is 15.7 Å². The van der Waals surface area contributed by atoms with Crippen LogP contribution in [0.4, 0.5) is 5.69 Å². The van der Waals surface area contributed by atoms with Gasteiger partial charge in [-0.15, -0.1) is 0 Å². The Balaban J connectivity index is 2.35. The molecule has 3 N–H and O–H groups in total. The van der Waals surface area contributed by atoms with Gasteiger partial charge in [0, 0.05) is 10.6 Å². The molecule has 0 spiro atoms. The molecular weight excluding hydrogens is 383 g/mol. The van der Waals surface area contributed by atoms with Crippen molar-refractivity contribution in [3.63, 3.8) is 0 Å². The van der Waals surface area contributed by atoms with Gasteiger partial charge in [-0.2, -0.15) is 0 Å². The maximum atomic E-state index is 12.6. The lowest BCUT2D eigenvalue weighted by Crippen LogP contribution is -2.20. The normalized spacial score (nSPS) is 10.2. The number of benzene rings is 2. The summed E-state index contributed by atoms with van der Waals surface area (Å²) in [6.07, 6.45) is 0. The van der Waals surface area contributed by atoms with Gasteiger partial charge in [0.1, 0.15) is 0 Å². The highest BCUT2D eigenvalue weighted by molar-refractivity contribution is 6.35. The van der Waals surface area contributed by atoms with Gasteiger partial charge in [0.25, 0.3) is 11.8 Å². The van der Waals surface area contributed by atoms with Gasteiger partial charge in [-0.25, -0.2) is 0 Å². The number of methoxy groups -OCH3 is 2. The molecule has 0 aliphatic rings. The van der Waals surface area contributed by atoms with Crippen molar-refractivity contribution in [1.29, 1.82) is 0 Å². The van der Waals surface area contributed by atoms with Crippen molar-refractivity contribution in [3.05, 3.63) is 45.9 Å². The van der Waals surface area contributed by atoms with Crippen LogP contribution >= 0.6 is 23.2 Å². The second kappa shape index (κ2) is 8.64. The smallest absolute Gasteiger partial charge is 0.255 e. The molecule has 0 fully saturated rings. The van der Waals surface area contributed by atoms with Crippen LogP contribution in [0.15, 0.2) is 30.3 Å². The number of ether oxygens (including phenoxy) is 3. The fraction of sp³-hybridized carbons (Fsp3) is 0.176. The standard InChI is InChI=1S/C17H16Cl2N2O5/c1-24-13-5-9(6-14(25-2)16(13)26-8-15(20)22)17(23)21-12-7-10(18)3-4-11(12)19/h3-7H,8H2,1-2H3,(H2,20,22)(H,21,23). The van der Waals surface area contributed by atoms with Crippen LogP contribution in [0.3, 0.4) is 0 Å². The molecule has 138 valence electrons. The molecule has 0 atom stereocenters. The zero-order valence-electron chi connectivity index (χ0n) is 14.0. The van der Waals surface area contributed by atoms with Gasteiger partial charge in [-0.3, -0.25) is 9.59 Å². The van der Waals surface area contributed by atoms with Gasteiger partial charge in [0.15, 0.2) is 18.1 Å². The second-order valence-corrected chi connectivity index (χ2v) is 5.89. The molecule has 0 radical (unpaired) electrons. The Morgan fingerprint density at radius 2 is 1.69 bits per heavy atom. The summed E-state index contributed by atoms with van der Waals surface area (Å²) < 4.78 is 15.7. The van der Waals surface area contributed by atoms with Crippen molar-refractivity contribution >= 4 is 40.7 Å². The largest absolute Gasteiger partial charge is 0.493 e. The molecular formula is C17H16Cl2N2O5. The number of halogens is 2. The number of amides is 2. The van der Waals surface area contributed by atoms with E-state index >= 15 is 0 Å². The van der Waals surface area contributed by atoms with Crippen molar-refractivity contribution in [2.75, 3.05) is 26.1 Å². The number of nitrogens with one attached hydrogen (secondary N) is 1. The highest BCUT2D eigenvalue weighted by atomic mass is 35.5. The molecule has 9 heteroatoms. The summed E-state index contributed by atoms with van der Waals surface area (Å²) in [6, 6.07) is 7.58. The third-order valence-corrected chi connectivity index (χ3v) is 3.82. The molecule has 0 unspecified atom stereocenters. The zero-order valence-corrected chi connectivity index (χ0v) is 15.5. The van der Waals surface area contributed by atoms with Crippen LogP contribution in [0, 0.1) is 0 Å². The topological polar surface area (TPSA) is 99.9 Å². The first-order valence-corrected chi connectivity index (χ1v) is 8.04. The average molecular weight is 399 g/mol. The van der Waals surface area contributed by atoms with Crippen LogP contribution in [0.25, 0.3) is 0 Å². The minimum atomic E-state index is -0.661. The second-order valence-electron chi connectivity index (χ2n) is 5.04. The van der Waals surface area contributed by atoms with Crippen LogP contribution in [0.2, 0.25) is 10.0 Å². The summed E-state index contributed by atoms with van der Waals surface area (Å²) in [5.41, 5.74) is 5.66. The lowest BCUT2D eigenvalue weighted by atomic mass is 10.1. The average Bonchev–Trinajstić information content (AvgIpc) is 2.61. The first-order chi connectivity index (χ1) is 12.3. The Morgan fingerprint density at radius 1 is 1.08 bits per heavy atom. The van der Waals surface area contributed by atoms with Crippen molar-refractivity contribution in [2.24, 2.45) is 5.73 Å². The predicted molar refractivity (Wildman–Crippen MR) is 98.7 cm³/mol. The monoisotopic (exact) mass is 398 g/mol. The molecule has 7 nitrogen and oxygen atoms in total. The quantitative estimate of drug-likeness (QED) is 0.745. The van der Waals surface area contributed by atoms with E-state index in [9.17, 15) is 9.59 Å². The fourth-order valence-electron chi connectivity index (χ4n) is 2.08. The van der Waals surface area contributed by atoms with Gasteiger partial charge in [-0.05, 0) is 30.3 Å². The van der Waals surface area contributed by atoms with Crippen LogP contribution in [-0.4, -0.2) is 32.6 Å². The molecule has 2 amide bonds. The summed E-state index contributed by atoms with van der Waals surface area (Å²) >= 11 is 12.0. The number of rotatable bonds is 7. The van der Waals surface area contributed by atoms with E-state index in [1.165, 1.54) is 32.4 Å². The minimum absolute atomic E-state index is 0.158. The van der Waals surface area contributed by atoms with Gasteiger partial charge >= 0.3 is 0 Å². The van der Waals surface area contributed by atoms with E-state index in [1.54, 1.807) is 12.1 Å². The first kappa shape index (κ1) is 19.7. The Morgan fingerprint density at radius 3 is 2.23 bits per heavy atom. The maximum absolute atomic E-state index is 12.6. The number of carbonyl (C=O) groups excluding carboxylic acids is 2. The van der Waals surface area contributed by atoms with E-state index < -0.39 is 11.8 Å². The summed E-state index contributed by atoms with van der Waals surface area (Å²) in [4.78, 5) is 23.5. The van der Waals surface area contributed by atoms with Crippen LogP contribution in [0.5, 0.6) is 17.2 Å². The molecule has 26 heavy (non-hydrogen) atoms. The van der Waals surface area contributed by atoms with Gasteiger partial charge in [0.05, 0.1) is 24.9 Å². The third kappa shape index (κ3) is 4.71. The van der Waals surface area contributed by atoms with E-state index in [4.69, 9.17) is 43.1 Å². The van der Waals surface area contributed by atoms with E-state index in [0.717, 1.165) is 0 Å². The van der Waals surface area contributed by atoms with Crippen molar-refractivity contribution in [3.8, 4) is 17.2 Å². The first-order valence-electron chi connectivity index (χ1n) is 7.29. The molecule has 0 aliphatic heterocycles. The number of anilines is 1. The van der Waals surface area contributed by atoms with Gasteiger partial charge < -0.3 is 25.3 Å². The highest BCUT2D eigenvalue weighted by Crippen LogP contribution is 2.39. The Hall–Kier alpha value is -2.64. The molecule has 2 rings (SSSR count). The predicted octanol–water partition coefficient (Wildman–Crippen LogP) is 3.13. The Labute approximate surface area is 159 Å². The SMILES string of the molecule is COc1cc(C(=O)Nc2cc(Cl)ccc2Cl)cc(OC)c1OCC(N)=O. The minimum Gasteiger partial charge on any atom is -0.493 e.